The second-order valence-corrected chi connectivity index (χ2v) is 6.80. The lowest BCUT2D eigenvalue weighted by atomic mass is 9.86. The zero-order chi connectivity index (χ0) is 17.8. The third-order valence-corrected chi connectivity index (χ3v) is 4.92. The van der Waals surface area contributed by atoms with Crippen molar-refractivity contribution in [2.24, 2.45) is 5.92 Å². The fraction of sp³-hybridized carbons (Fsp3) is 0.400. The van der Waals surface area contributed by atoms with Crippen LogP contribution in [-0.2, 0) is 0 Å². The molecule has 1 fully saturated rings. The number of carbonyl (C=O) groups is 2. The van der Waals surface area contributed by atoms with Crippen LogP contribution in [0, 0.1) is 12.8 Å². The Hall–Kier alpha value is -2.56. The first-order valence-electron chi connectivity index (χ1n) is 8.81. The number of rotatable bonds is 4. The summed E-state index contributed by atoms with van der Waals surface area (Å²) in [5.74, 6) is 0.324. The van der Waals surface area contributed by atoms with E-state index in [2.05, 4.69) is 17.6 Å². The topological polar surface area (TPSA) is 71.3 Å². The quantitative estimate of drug-likeness (QED) is 0.878. The van der Waals surface area contributed by atoms with E-state index in [0.29, 0.717) is 17.2 Å². The van der Waals surface area contributed by atoms with Gasteiger partial charge in [0.05, 0.1) is 6.26 Å². The number of benzene rings is 1. The average molecular weight is 340 g/mol. The van der Waals surface area contributed by atoms with Crippen molar-refractivity contribution in [1.29, 1.82) is 0 Å². The largest absolute Gasteiger partial charge is 0.459 e. The van der Waals surface area contributed by atoms with E-state index in [0.717, 1.165) is 24.8 Å². The van der Waals surface area contributed by atoms with Crippen molar-refractivity contribution in [2.45, 2.75) is 45.6 Å². The lowest BCUT2D eigenvalue weighted by Crippen LogP contribution is -2.41. The molecule has 25 heavy (non-hydrogen) atoms. The molecule has 5 nitrogen and oxygen atoms in total. The number of anilines is 1. The van der Waals surface area contributed by atoms with Crippen LogP contribution in [0.4, 0.5) is 5.69 Å². The van der Waals surface area contributed by atoms with E-state index in [9.17, 15) is 9.59 Å². The molecular formula is C20H24N2O3. The molecule has 132 valence electrons. The summed E-state index contributed by atoms with van der Waals surface area (Å²) in [6.07, 6.45) is 6.04. The fourth-order valence-corrected chi connectivity index (χ4v) is 3.27. The first-order valence-corrected chi connectivity index (χ1v) is 8.81. The van der Waals surface area contributed by atoms with E-state index in [-0.39, 0.29) is 23.6 Å². The molecule has 0 saturated heterocycles. The highest BCUT2D eigenvalue weighted by molar-refractivity contribution is 6.03. The number of aryl methyl sites for hydroxylation is 1. The number of nitrogens with one attached hydrogen (secondary N) is 2. The molecule has 1 saturated carbocycles. The molecule has 1 aliphatic rings. The van der Waals surface area contributed by atoms with Gasteiger partial charge in [-0.3, -0.25) is 9.59 Å². The Morgan fingerprint density at radius 3 is 2.64 bits per heavy atom. The zero-order valence-corrected chi connectivity index (χ0v) is 14.7. The van der Waals surface area contributed by atoms with Crippen LogP contribution in [0.2, 0.25) is 0 Å². The minimum Gasteiger partial charge on any atom is -0.459 e. The lowest BCUT2D eigenvalue weighted by molar-refractivity contribution is 0.0909. The van der Waals surface area contributed by atoms with Crippen LogP contribution < -0.4 is 10.6 Å². The van der Waals surface area contributed by atoms with Crippen molar-refractivity contribution in [2.75, 3.05) is 5.32 Å². The normalized spacial score (nSPS) is 20.1. The SMILES string of the molecule is Cc1ccc(C(=O)N[C@H]2CCCC[C@H]2C)cc1NC(=O)c1ccco1. The van der Waals surface area contributed by atoms with Gasteiger partial charge >= 0.3 is 0 Å². The second kappa shape index (κ2) is 7.55. The molecule has 2 aromatic rings. The number of furan rings is 1. The van der Waals surface area contributed by atoms with Crippen molar-refractivity contribution in [3.8, 4) is 0 Å². The maximum Gasteiger partial charge on any atom is 0.291 e. The fourth-order valence-electron chi connectivity index (χ4n) is 3.27. The molecule has 0 unspecified atom stereocenters. The summed E-state index contributed by atoms with van der Waals surface area (Å²) in [7, 11) is 0. The molecule has 2 N–H and O–H groups in total. The minimum absolute atomic E-state index is 0.0905. The van der Waals surface area contributed by atoms with E-state index in [4.69, 9.17) is 4.42 Å². The standard InChI is InChI=1S/C20H24N2O3/c1-13-6-3-4-7-16(13)21-19(23)15-10-9-14(2)17(12-15)22-20(24)18-8-5-11-25-18/h5,8-13,16H,3-4,6-7H2,1-2H3,(H,21,23)(H,22,24)/t13-,16+/m1/s1. The zero-order valence-electron chi connectivity index (χ0n) is 14.7. The maximum absolute atomic E-state index is 12.6. The third-order valence-electron chi connectivity index (χ3n) is 4.92. The van der Waals surface area contributed by atoms with Gasteiger partial charge in [-0.2, -0.15) is 0 Å². The predicted octanol–water partition coefficient (Wildman–Crippen LogP) is 4.15. The third kappa shape index (κ3) is 4.10. The van der Waals surface area contributed by atoms with Crippen LogP contribution in [0.15, 0.2) is 41.0 Å². The summed E-state index contributed by atoms with van der Waals surface area (Å²) in [5, 5.41) is 5.95. The van der Waals surface area contributed by atoms with Crippen LogP contribution in [0.1, 0.15) is 59.1 Å². The Morgan fingerprint density at radius 1 is 1.12 bits per heavy atom. The smallest absolute Gasteiger partial charge is 0.291 e. The Labute approximate surface area is 147 Å². The van der Waals surface area contributed by atoms with E-state index in [1.165, 1.54) is 12.7 Å². The number of hydrogen-bond donors (Lipinski definition) is 2. The predicted molar refractivity (Wildman–Crippen MR) is 96.7 cm³/mol. The van der Waals surface area contributed by atoms with E-state index < -0.39 is 0 Å². The molecule has 2 amide bonds. The molecule has 2 atom stereocenters. The van der Waals surface area contributed by atoms with Crippen LogP contribution in [-0.4, -0.2) is 17.9 Å². The molecule has 5 heteroatoms. The summed E-state index contributed by atoms with van der Waals surface area (Å²) < 4.78 is 5.11. The van der Waals surface area contributed by atoms with Crippen molar-refractivity contribution in [1.82, 2.24) is 5.32 Å². The van der Waals surface area contributed by atoms with E-state index in [1.54, 1.807) is 24.3 Å². The van der Waals surface area contributed by atoms with Gasteiger partial charge in [0.1, 0.15) is 0 Å². The van der Waals surface area contributed by atoms with Crippen LogP contribution in [0.25, 0.3) is 0 Å². The molecule has 0 radical (unpaired) electrons. The first kappa shape index (κ1) is 17.3. The molecule has 0 aliphatic heterocycles. The minimum atomic E-state index is -0.327. The van der Waals surface area contributed by atoms with E-state index in [1.807, 2.05) is 13.0 Å². The monoisotopic (exact) mass is 340 g/mol. The Balaban J connectivity index is 1.72. The average Bonchev–Trinajstić information content (AvgIpc) is 3.13. The van der Waals surface area contributed by atoms with E-state index >= 15 is 0 Å². The molecular weight excluding hydrogens is 316 g/mol. The Bertz CT molecular complexity index is 752. The number of amides is 2. The van der Waals surface area contributed by atoms with Gasteiger partial charge in [0.25, 0.3) is 11.8 Å². The van der Waals surface area contributed by atoms with Crippen LogP contribution >= 0.6 is 0 Å². The molecule has 1 aliphatic carbocycles. The molecule has 3 rings (SSSR count). The molecule has 0 spiro atoms. The lowest BCUT2D eigenvalue weighted by Gasteiger charge is -2.29. The maximum atomic E-state index is 12.6. The molecule has 0 bridgehead atoms. The van der Waals surface area contributed by atoms with Crippen molar-refractivity contribution >= 4 is 17.5 Å². The van der Waals surface area contributed by atoms with Gasteiger partial charge < -0.3 is 15.1 Å². The Morgan fingerprint density at radius 2 is 1.92 bits per heavy atom. The van der Waals surface area contributed by atoms with Crippen molar-refractivity contribution in [3.63, 3.8) is 0 Å². The van der Waals surface area contributed by atoms with Crippen LogP contribution in [0.5, 0.6) is 0 Å². The highest BCUT2D eigenvalue weighted by Gasteiger charge is 2.23. The van der Waals surface area contributed by atoms with Crippen molar-refractivity contribution in [3.05, 3.63) is 53.5 Å². The van der Waals surface area contributed by atoms with Crippen LogP contribution in [0.3, 0.4) is 0 Å². The first-order chi connectivity index (χ1) is 12.0. The number of carbonyl (C=O) groups excluding carboxylic acids is 2. The van der Waals surface area contributed by atoms with Gasteiger partial charge in [-0.15, -0.1) is 0 Å². The summed E-state index contributed by atoms with van der Waals surface area (Å²) in [4.78, 5) is 24.8. The highest BCUT2D eigenvalue weighted by atomic mass is 16.3. The van der Waals surface area contributed by atoms with Gasteiger partial charge in [-0.05, 0) is 55.5 Å². The van der Waals surface area contributed by atoms with Gasteiger partial charge in [0, 0.05) is 17.3 Å². The molecule has 1 heterocycles. The highest BCUT2D eigenvalue weighted by Crippen LogP contribution is 2.24. The second-order valence-electron chi connectivity index (χ2n) is 6.80. The summed E-state index contributed by atoms with van der Waals surface area (Å²) in [6.45, 7) is 4.08. The Kier molecular flexibility index (Phi) is 5.22. The molecule has 1 aromatic carbocycles. The summed E-state index contributed by atoms with van der Waals surface area (Å²) in [6, 6.07) is 8.85. The van der Waals surface area contributed by atoms with Gasteiger partial charge in [-0.25, -0.2) is 0 Å². The van der Waals surface area contributed by atoms with Gasteiger partial charge in [0.15, 0.2) is 5.76 Å². The van der Waals surface area contributed by atoms with Gasteiger partial charge in [0.2, 0.25) is 0 Å². The summed E-state index contributed by atoms with van der Waals surface area (Å²) in [5.41, 5.74) is 2.06. The molecule has 1 aromatic heterocycles. The van der Waals surface area contributed by atoms with Crippen molar-refractivity contribution < 1.29 is 14.0 Å². The summed E-state index contributed by atoms with van der Waals surface area (Å²) >= 11 is 0. The number of hydrogen-bond acceptors (Lipinski definition) is 3. The van der Waals surface area contributed by atoms with Gasteiger partial charge in [-0.1, -0.05) is 25.8 Å².